The van der Waals surface area contributed by atoms with Gasteiger partial charge in [0, 0.05) is 59.5 Å². The van der Waals surface area contributed by atoms with Crippen LogP contribution in [-0.4, -0.2) is 106 Å². The maximum atomic E-state index is 13.5. The lowest BCUT2D eigenvalue weighted by molar-refractivity contribution is -0.132. The Morgan fingerprint density at radius 3 is 2.51 bits per heavy atom. The summed E-state index contributed by atoms with van der Waals surface area (Å²) in [6.07, 6.45) is 4.89. The molecule has 1 atom stereocenters. The molecule has 0 spiro atoms. The Kier molecular flexibility index (Phi) is 14.0. The van der Waals surface area contributed by atoms with Crippen LogP contribution in [0.1, 0.15) is 78.3 Å². The van der Waals surface area contributed by atoms with Gasteiger partial charge in [0.25, 0.3) is 5.91 Å². The molecule has 18 heteroatoms. The molecule has 6 aromatic rings. The Morgan fingerprint density at radius 2 is 1.78 bits per heavy atom. The second-order valence-electron chi connectivity index (χ2n) is 15.6. The average molecular weight is 880 g/mol. The van der Waals surface area contributed by atoms with Crippen molar-refractivity contribution in [2.45, 2.75) is 81.9 Å². The smallest absolute Gasteiger partial charge is 0.289 e. The van der Waals surface area contributed by atoms with Gasteiger partial charge in [0.1, 0.15) is 28.8 Å². The van der Waals surface area contributed by atoms with E-state index in [4.69, 9.17) is 38.5 Å². The summed E-state index contributed by atoms with van der Waals surface area (Å²) in [5.41, 5.74) is 5.91. The molecule has 63 heavy (non-hydrogen) atoms. The Morgan fingerprint density at radius 1 is 0.984 bits per heavy atom. The highest BCUT2D eigenvalue weighted by molar-refractivity contribution is 8.00. The first-order valence-electron chi connectivity index (χ1n) is 21.5. The molecule has 1 saturated heterocycles. The van der Waals surface area contributed by atoms with Crippen molar-refractivity contribution < 1.29 is 37.9 Å². The van der Waals surface area contributed by atoms with E-state index in [1.54, 1.807) is 7.11 Å². The van der Waals surface area contributed by atoms with Gasteiger partial charge in [-0.15, -0.1) is 11.8 Å². The summed E-state index contributed by atoms with van der Waals surface area (Å²) in [5, 5.41) is 19.1. The third kappa shape index (κ3) is 10.5. The summed E-state index contributed by atoms with van der Waals surface area (Å²) in [6, 6.07) is 14.1. The zero-order chi connectivity index (χ0) is 43.9. The number of aromatic amines is 1. The van der Waals surface area contributed by atoms with E-state index >= 15 is 0 Å². The number of nitrogens with zero attached hydrogens (tertiary/aromatic N) is 5. The molecule has 2 fully saturated rings. The summed E-state index contributed by atoms with van der Waals surface area (Å²) in [5.74, 6) is 2.17. The van der Waals surface area contributed by atoms with Crippen LogP contribution in [0.4, 0.5) is 11.6 Å². The second kappa shape index (κ2) is 20.1. The van der Waals surface area contributed by atoms with E-state index in [9.17, 15) is 14.4 Å². The number of hydrogen-bond acceptors (Lipinski definition) is 14. The van der Waals surface area contributed by atoms with Crippen LogP contribution >= 0.6 is 11.8 Å². The number of methoxy groups -OCH3 is 1. The molecule has 2 aliphatic rings. The number of imide groups is 1. The number of H-pyrrole nitrogens is 1. The van der Waals surface area contributed by atoms with Gasteiger partial charge in [-0.2, -0.15) is 5.10 Å². The fourth-order valence-electron chi connectivity index (χ4n) is 7.69. The maximum Gasteiger partial charge on any atom is 0.289 e. The first-order chi connectivity index (χ1) is 30.7. The van der Waals surface area contributed by atoms with E-state index in [-0.39, 0.29) is 36.0 Å². The molecule has 4 aromatic heterocycles. The van der Waals surface area contributed by atoms with Crippen LogP contribution in [0.3, 0.4) is 0 Å². The van der Waals surface area contributed by atoms with Crippen molar-refractivity contribution in [1.29, 1.82) is 0 Å². The zero-order valence-electron chi connectivity index (χ0n) is 36.0. The zero-order valence-corrected chi connectivity index (χ0v) is 36.8. The fraction of sp³-hybridized carbons (Fsp3) is 0.444. The SMILES string of the molecule is CCn1nc(C2CC2)cc1Nc1nc(C(=O)NCCOCCOCCOCCCc2cccc(SC3CCC(=O)NC3=O)c2)nc2[nH]c3cc(-c4c(C)noc4C)c(OC)cc3c12. The molecule has 0 bridgehead atoms. The Labute approximate surface area is 368 Å². The summed E-state index contributed by atoms with van der Waals surface area (Å²) >= 11 is 1.50. The third-order valence-electron chi connectivity index (χ3n) is 11.0. The number of hydrogen-bond donors (Lipinski definition) is 4. The molecule has 1 aliphatic heterocycles. The molecule has 4 N–H and O–H groups in total. The van der Waals surface area contributed by atoms with Crippen molar-refractivity contribution >= 4 is 63.1 Å². The highest BCUT2D eigenvalue weighted by atomic mass is 32.2. The number of nitrogens with one attached hydrogen (secondary N) is 4. The lowest BCUT2D eigenvalue weighted by atomic mass is 10.0. The van der Waals surface area contributed by atoms with Crippen LogP contribution < -0.4 is 20.7 Å². The number of ether oxygens (including phenoxy) is 4. The minimum Gasteiger partial charge on any atom is -0.496 e. The van der Waals surface area contributed by atoms with Gasteiger partial charge in [0.2, 0.25) is 17.6 Å². The molecule has 8 rings (SSSR count). The predicted molar refractivity (Wildman–Crippen MR) is 238 cm³/mol. The van der Waals surface area contributed by atoms with Gasteiger partial charge < -0.3 is 39.1 Å². The number of piperidine rings is 1. The van der Waals surface area contributed by atoms with Crippen LogP contribution in [0, 0.1) is 13.8 Å². The molecule has 17 nitrogen and oxygen atoms in total. The molecule has 1 aliphatic carbocycles. The number of benzene rings is 2. The molecule has 3 amide bonds. The largest absolute Gasteiger partial charge is 0.496 e. The average Bonchev–Trinajstić information content (AvgIpc) is 3.83. The summed E-state index contributed by atoms with van der Waals surface area (Å²) in [4.78, 5) is 51.0. The first kappa shape index (κ1) is 43.8. The summed E-state index contributed by atoms with van der Waals surface area (Å²) in [6.45, 7) is 9.26. The minimum absolute atomic E-state index is 0.0000761. The molecule has 2 aromatic carbocycles. The first-order valence-corrected chi connectivity index (χ1v) is 22.4. The van der Waals surface area contributed by atoms with Crippen LogP contribution in [0.2, 0.25) is 0 Å². The van der Waals surface area contributed by atoms with Gasteiger partial charge in [0.05, 0.1) is 67.7 Å². The van der Waals surface area contributed by atoms with Gasteiger partial charge in [0.15, 0.2) is 0 Å². The van der Waals surface area contributed by atoms with Gasteiger partial charge in [-0.1, -0.05) is 17.3 Å². The molecule has 332 valence electrons. The van der Waals surface area contributed by atoms with E-state index in [0.29, 0.717) is 86.7 Å². The highest BCUT2D eigenvalue weighted by Gasteiger charge is 2.29. The summed E-state index contributed by atoms with van der Waals surface area (Å²) in [7, 11) is 1.63. The normalized spacial score (nSPS) is 15.3. The standard InChI is InChI=1S/C45H53N9O8S/c1-5-54-37(25-33(52-54)29-11-12-29)48-42-40-31-24-35(58-4)32(39-26(2)53-62-27(39)3)23-34(31)47-41(40)50-43(51-42)45(57)46-15-17-60-19-21-61-20-18-59-16-7-9-28-8-6-10-30(22-28)63-36-13-14-38(55)49-44(36)56/h6,8,10,22-25,29,36H,5,7,9,11-21H2,1-4H3,(H,46,57)(H,49,55,56)(H2,47,48,50,51). The number of rotatable bonds is 22. The number of aryl methyl sites for hydroxylation is 4. The molecule has 1 unspecified atom stereocenters. The van der Waals surface area contributed by atoms with Gasteiger partial charge in [-0.05, 0) is 82.7 Å². The van der Waals surface area contributed by atoms with Gasteiger partial charge in [-0.3, -0.25) is 19.7 Å². The van der Waals surface area contributed by atoms with Crippen LogP contribution in [0.25, 0.3) is 33.1 Å². The van der Waals surface area contributed by atoms with E-state index in [1.165, 1.54) is 17.3 Å². The Bertz CT molecular complexity index is 2580. The van der Waals surface area contributed by atoms with E-state index < -0.39 is 5.91 Å². The van der Waals surface area contributed by atoms with E-state index in [0.717, 1.165) is 69.8 Å². The number of amides is 3. The van der Waals surface area contributed by atoms with E-state index in [1.807, 2.05) is 49.7 Å². The van der Waals surface area contributed by atoms with Crippen molar-refractivity contribution in [1.82, 2.24) is 40.5 Å². The van der Waals surface area contributed by atoms with E-state index in [2.05, 4.69) is 44.3 Å². The minimum atomic E-state index is -0.439. The van der Waals surface area contributed by atoms with Crippen LogP contribution in [0.5, 0.6) is 5.75 Å². The number of fused-ring (bicyclic) bond motifs is 3. The number of anilines is 2. The quantitative estimate of drug-likeness (QED) is 0.0422. The van der Waals surface area contributed by atoms with Gasteiger partial charge in [-0.25, -0.2) is 14.6 Å². The van der Waals surface area contributed by atoms with Crippen molar-refractivity contribution in [3.05, 3.63) is 71.0 Å². The lowest BCUT2D eigenvalue weighted by Gasteiger charge is -2.20. The molecular formula is C45H53N9O8S. The molecule has 0 radical (unpaired) electrons. The molecular weight excluding hydrogens is 827 g/mol. The highest BCUT2D eigenvalue weighted by Crippen LogP contribution is 2.43. The second-order valence-corrected chi connectivity index (χ2v) is 16.9. The van der Waals surface area contributed by atoms with Crippen LogP contribution in [0.15, 0.2) is 51.9 Å². The maximum absolute atomic E-state index is 13.5. The van der Waals surface area contributed by atoms with Crippen molar-refractivity contribution in [3.8, 4) is 16.9 Å². The number of aromatic nitrogens is 6. The number of thioether (sulfide) groups is 1. The fourth-order valence-corrected chi connectivity index (χ4v) is 8.79. The molecule has 1 saturated carbocycles. The van der Waals surface area contributed by atoms with Crippen molar-refractivity contribution in [2.24, 2.45) is 0 Å². The number of carbonyl (C=O) groups excluding carboxylic acids is 3. The monoisotopic (exact) mass is 879 g/mol. The lowest BCUT2D eigenvalue weighted by Crippen LogP contribution is -2.42. The third-order valence-corrected chi connectivity index (χ3v) is 12.3. The van der Waals surface area contributed by atoms with Crippen LogP contribution in [-0.2, 0) is 36.8 Å². The van der Waals surface area contributed by atoms with Crippen molar-refractivity contribution in [3.63, 3.8) is 0 Å². The topological polar surface area (TPSA) is 210 Å². The Hall–Kier alpha value is -5.82. The Balaban J connectivity index is 0.810. The number of carbonyl (C=O) groups is 3. The molecule has 5 heterocycles. The van der Waals surface area contributed by atoms with Crippen molar-refractivity contribution in [2.75, 3.05) is 58.6 Å². The van der Waals surface area contributed by atoms with Gasteiger partial charge >= 0.3 is 0 Å². The predicted octanol–water partition coefficient (Wildman–Crippen LogP) is 6.54. The summed E-state index contributed by atoms with van der Waals surface area (Å²) < 4.78 is 30.4.